The van der Waals surface area contributed by atoms with Crippen molar-refractivity contribution < 1.29 is 9.59 Å². The third-order valence-corrected chi connectivity index (χ3v) is 6.71. The van der Waals surface area contributed by atoms with E-state index in [9.17, 15) is 9.59 Å². The number of amides is 2. The van der Waals surface area contributed by atoms with Gasteiger partial charge in [-0.2, -0.15) is 0 Å². The summed E-state index contributed by atoms with van der Waals surface area (Å²) in [7, 11) is 1.94. The number of aryl methyl sites for hydroxylation is 1. The number of likely N-dealkylation sites (tertiary alicyclic amines) is 1. The van der Waals surface area contributed by atoms with Crippen LogP contribution in [-0.4, -0.2) is 56.9 Å². The number of nitrogens with one attached hydrogen (secondary N) is 2. The molecule has 184 valence electrons. The van der Waals surface area contributed by atoms with E-state index in [0.29, 0.717) is 49.7 Å². The van der Waals surface area contributed by atoms with E-state index in [-0.39, 0.29) is 11.8 Å². The van der Waals surface area contributed by atoms with E-state index in [1.807, 2.05) is 60.0 Å². The molecule has 3 aromatic heterocycles. The molecule has 2 N–H and O–H groups in total. The van der Waals surface area contributed by atoms with Crippen LogP contribution >= 0.6 is 0 Å². The van der Waals surface area contributed by atoms with E-state index in [0.717, 1.165) is 29.6 Å². The minimum atomic E-state index is -0.394. The highest BCUT2D eigenvalue weighted by atomic mass is 16.2. The van der Waals surface area contributed by atoms with Crippen LogP contribution in [0.25, 0.3) is 11.0 Å². The third-order valence-electron chi connectivity index (χ3n) is 6.71. The molecule has 0 radical (unpaired) electrons. The van der Waals surface area contributed by atoms with Crippen LogP contribution in [0.15, 0.2) is 61.2 Å². The average Bonchev–Trinajstić information content (AvgIpc) is 3.23. The van der Waals surface area contributed by atoms with Crippen LogP contribution in [0.3, 0.4) is 0 Å². The molecule has 8 nitrogen and oxygen atoms in total. The van der Waals surface area contributed by atoms with Crippen LogP contribution in [0.1, 0.15) is 42.2 Å². The predicted molar refractivity (Wildman–Crippen MR) is 137 cm³/mol. The van der Waals surface area contributed by atoms with Crippen LogP contribution in [0, 0.1) is 5.92 Å². The van der Waals surface area contributed by atoms with Crippen molar-refractivity contribution >= 4 is 22.8 Å². The Morgan fingerprint density at radius 2 is 1.91 bits per heavy atom. The molecule has 4 heterocycles. The van der Waals surface area contributed by atoms with Crippen LogP contribution in [-0.2, 0) is 18.3 Å². The Bertz CT molecular complexity index is 1180. The number of nitrogens with zero attached hydrogens (tertiary/aromatic N) is 4. The van der Waals surface area contributed by atoms with Gasteiger partial charge in [-0.15, -0.1) is 0 Å². The molecule has 0 spiro atoms. The second-order valence-electron chi connectivity index (χ2n) is 9.19. The number of pyridine rings is 2. The zero-order valence-corrected chi connectivity index (χ0v) is 20.5. The number of aromatic nitrogens is 3. The molecule has 0 bridgehead atoms. The van der Waals surface area contributed by atoms with Crippen molar-refractivity contribution in [1.29, 1.82) is 0 Å². The maximum absolute atomic E-state index is 13.2. The van der Waals surface area contributed by atoms with E-state index in [2.05, 4.69) is 27.2 Å². The summed E-state index contributed by atoms with van der Waals surface area (Å²) in [4.78, 5) is 36.8. The summed E-state index contributed by atoms with van der Waals surface area (Å²) in [5.74, 6) is 0.336. The van der Waals surface area contributed by atoms with Gasteiger partial charge in [-0.25, -0.2) is 0 Å². The molecule has 8 heteroatoms. The Balaban J connectivity index is 1.34. The topological polar surface area (TPSA) is 92.2 Å². The molecule has 1 atom stereocenters. The Morgan fingerprint density at radius 1 is 1.14 bits per heavy atom. The highest BCUT2D eigenvalue weighted by molar-refractivity contribution is 6.05. The van der Waals surface area contributed by atoms with Gasteiger partial charge in [0.1, 0.15) is 5.52 Å². The maximum Gasteiger partial charge on any atom is 0.257 e. The SMILES string of the molecule is C=C(CC)NC(=O)[C@@H](Cc1ccccn1)NCC1CCN(C(=O)c2cn(C)c3cccnc23)CC1. The first-order chi connectivity index (χ1) is 17.0. The second kappa shape index (κ2) is 11.3. The van der Waals surface area contributed by atoms with Gasteiger partial charge in [0.25, 0.3) is 5.91 Å². The standard InChI is InChI=1S/C27H34N6O2/c1-4-19(2)31-26(34)23(16-21-8-5-6-12-28-21)30-17-20-10-14-33(15-11-20)27(35)22-18-32(3)24-9-7-13-29-25(22)24/h5-9,12-13,18,20,23,30H,2,4,10-11,14-17H2,1,3H3,(H,31,34)/t23-/m1/s1. The summed E-state index contributed by atoms with van der Waals surface area (Å²) < 4.78 is 1.95. The van der Waals surface area contributed by atoms with E-state index in [4.69, 9.17) is 0 Å². The first-order valence-electron chi connectivity index (χ1n) is 12.3. The van der Waals surface area contributed by atoms with Gasteiger partial charge >= 0.3 is 0 Å². The highest BCUT2D eigenvalue weighted by Gasteiger charge is 2.27. The van der Waals surface area contributed by atoms with Crippen LogP contribution in [0.5, 0.6) is 0 Å². The molecular weight excluding hydrogens is 440 g/mol. The molecule has 0 aromatic carbocycles. The van der Waals surface area contributed by atoms with Crippen molar-refractivity contribution in [3.63, 3.8) is 0 Å². The molecule has 2 amide bonds. The Morgan fingerprint density at radius 3 is 2.63 bits per heavy atom. The monoisotopic (exact) mass is 474 g/mol. The maximum atomic E-state index is 13.2. The smallest absolute Gasteiger partial charge is 0.257 e. The molecule has 1 aliphatic rings. The lowest BCUT2D eigenvalue weighted by molar-refractivity contribution is -0.122. The molecule has 0 aliphatic carbocycles. The molecule has 1 saturated heterocycles. The highest BCUT2D eigenvalue weighted by Crippen LogP contribution is 2.23. The number of carbonyl (C=O) groups is 2. The van der Waals surface area contributed by atoms with Gasteiger partial charge < -0.3 is 20.1 Å². The summed E-state index contributed by atoms with van der Waals surface area (Å²) in [6.45, 7) is 7.96. The van der Waals surface area contributed by atoms with Crippen molar-refractivity contribution in [2.24, 2.45) is 13.0 Å². The van der Waals surface area contributed by atoms with Gasteiger partial charge in [-0.1, -0.05) is 19.6 Å². The Hall–Kier alpha value is -3.52. The lowest BCUT2D eigenvalue weighted by atomic mass is 9.95. The number of carbonyl (C=O) groups excluding carboxylic acids is 2. The fourth-order valence-corrected chi connectivity index (χ4v) is 4.52. The first kappa shape index (κ1) is 24.6. The molecule has 4 rings (SSSR count). The fourth-order valence-electron chi connectivity index (χ4n) is 4.52. The number of allylic oxidation sites excluding steroid dienone is 1. The number of hydrogen-bond donors (Lipinski definition) is 2. The van der Waals surface area contributed by atoms with E-state index in [1.54, 1.807) is 12.4 Å². The van der Waals surface area contributed by atoms with Crippen molar-refractivity contribution in [1.82, 2.24) is 30.1 Å². The van der Waals surface area contributed by atoms with Crippen LogP contribution in [0.2, 0.25) is 0 Å². The lowest BCUT2D eigenvalue weighted by Crippen LogP contribution is -2.48. The van der Waals surface area contributed by atoms with Gasteiger partial charge in [-0.05, 0) is 56.0 Å². The Kier molecular flexibility index (Phi) is 7.92. The zero-order valence-electron chi connectivity index (χ0n) is 20.5. The fraction of sp³-hybridized carbons (Fsp3) is 0.407. The van der Waals surface area contributed by atoms with Gasteiger partial charge in [0, 0.05) is 56.5 Å². The minimum absolute atomic E-state index is 0.0335. The van der Waals surface area contributed by atoms with Crippen molar-refractivity contribution in [3.05, 3.63) is 72.5 Å². The summed E-state index contributed by atoms with van der Waals surface area (Å²) in [5.41, 5.74) is 3.94. The van der Waals surface area contributed by atoms with Crippen molar-refractivity contribution in [3.8, 4) is 0 Å². The number of rotatable bonds is 9. The molecule has 1 aliphatic heterocycles. The largest absolute Gasteiger partial charge is 0.348 e. The molecule has 1 fully saturated rings. The zero-order chi connectivity index (χ0) is 24.8. The third kappa shape index (κ3) is 5.95. The quantitative estimate of drug-likeness (QED) is 0.497. The molecule has 0 saturated carbocycles. The summed E-state index contributed by atoms with van der Waals surface area (Å²) in [6.07, 6.45) is 8.32. The van der Waals surface area contributed by atoms with E-state index in [1.165, 1.54) is 0 Å². The summed E-state index contributed by atoms with van der Waals surface area (Å²) >= 11 is 0. The van der Waals surface area contributed by atoms with Crippen molar-refractivity contribution in [2.45, 2.75) is 38.6 Å². The predicted octanol–water partition coefficient (Wildman–Crippen LogP) is 3.06. The molecular formula is C27H34N6O2. The van der Waals surface area contributed by atoms with Crippen LogP contribution < -0.4 is 10.6 Å². The second-order valence-corrected chi connectivity index (χ2v) is 9.19. The number of fused-ring (bicyclic) bond motifs is 1. The number of hydrogen-bond acceptors (Lipinski definition) is 5. The Labute approximate surface area is 206 Å². The normalized spacial score (nSPS) is 15.2. The molecule has 3 aromatic rings. The van der Waals surface area contributed by atoms with Crippen LogP contribution in [0.4, 0.5) is 0 Å². The van der Waals surface area contributed by atoms with E-state index >= 15 is 0 Å². The first-order valence-corrected chi connectivity index (χ1v) is 12.3. The summed E-state index contributed by atoms with van der Waals surface area (Å²) in [6, 6.07) is 9.20. The van der Waals surface area contributed by atoms with Gasteiger partial charge in [0.05, 0.1) is 17.1 Å². The molecule has 35 heavy (non-hydrogen) atoms. The molecule has 0 unspecified atom stereocenters. The number of piperidine rings is 1. The van der Waals surface area contributed by atoms with Crippen molar-refractivity contribution in [2.75, 3.05) is 19.6 Å². The lowest BCUT2D eigenvalue weighted by Gasteiger charge is -2.32. The minimum Gasteiger partial charge on any atom is -0.348 e. The van der Waals surface area contributed by atoms with Gasteiger partial charge in [0.2, 0.25) is 5.91 Å². The average molecular weight is 475 g/mol. The van der Waals surface area contributed by atoms with Gasteiger partial charge in [-0.3, -0.25) is 19.6 Å². The van der Waals surface area contributed by atoms with E-state index < -0.39 is 6.04 Å². The summed E-state index contributed by atoms with van der Waals surface area (Å²) in [5, 5.41) is 6.37. The van der Waals surface area contributed by atoms with Gasteiger partial charge in [0.15, 0.2) is 0 Å².